The van der Waals surface area contributed by atoms with Crippen LogP contribution in [0.1, 0.15) is 29.7 Å². The first kappa shape index (κ1) is 20.7. The summed E-state index contributed by atoms with van der Waals surface area (Å²) in [6.07, 6.45) is -1.01. The van der Waals surface area contributed by atoms with Crippen LogP contribution in [0, 0.1) is 13.8 Å². The number of benzene rings is 3. The fourth-order valence-electron chi connectivity index (χ4n) is 2.96. The first-order valence-electron chi connectivity index (χ1n) is 9.31. The van der Waals surface area contributed by atoms with E-state index < -0.39 is 12.1 Å². The molecule has 148 valence electrons. The van der Waals surface area contributed by atoms with Crippen molar-refractivity contribution in [3.63, 3.8) is 0 Å². The van der Waals surface area contributed by atoms with Crippen LogP contribution >= 0.6 is 11.8 Å². The fraction of sp³-hybridized carbons (Fsp3) is 0.167. The molecule has 1 atom stereocenters. The van der Waals surface area contributed by atoms with Crippen LogP contribution in [0.25, 0.3) is 0 Å². The lowest BCUT2D eigenvalue weighted by molar-refractivity contribution is -0.152. The zero-order valence-electron chi connectivity index (χ0n) is 16.6. The Hall–Kier alpha value is -3.05. The van der Waals surface area contributed by atoms with Gasteiger partial charge in [0.15, 0.2) is 0 Å². The van der Waals surface area contributed by atoms with Gasteiger partial charge in [0, 0.05) is 22.3 Å². The number of para-hydroxylation sites is 1. The minimum absolute atomic E-state index is 0.389. The van der Waals surface area contributed by atoms with Gasteiger partial charge in [0.2, 0.25) is 6.10 Å². The summed E-state index contributed by atoms with van der Waals surface area (Å²) in [7, 11) is 0. The van der Waals surface area contributed by atoms with E-state index in [0.29, 0.717) is 11.3 Å². The van der Waals surface area contributed by atoms with E-state index in [1.54, 1.807) is 23.9 Å². The SMILES string of the molecule is CC(=O)OC(C(=O)Nc1ccccc1Sc1ccc(C)cc1C)c1ccccc1. The predicted octanol–water partition coefficient (Wildman–Crippen LogP) is 5.70. The Bertz CT molecular complexity index is 1020. The van der Waals surface area contributed by atoms with Crippen molar-refractivity contribution in [2.45, 2.75) is 36.7 Å². The molecule has 0 aliphatic rings. The average Bonchev–Trinajstić information content (AvgIpc) is 2.70. The number of esters is 1. The van der Waals surface area contributed by atoms with Crippen LogP contribution in [0.15, 0.2) is 82.6 Å². The van der Waals surface area contributed by atoms with Crippen molar-refractivity contribution >= 4 is 29.3 Å². The molecule has 3 rings (SSSR count). The molecule has 3 aromatic rings. The highest BCUT2D eigenvalue weighted by Crippen LogP contribution is 2.36. The first-order chi connectivity index (χ1) is 13.9. The molecule has 0 fully saturated rings. The Morgan fingerprint density at radius 3 is 2.28 bits per heavy atom. The fourth-order valence-corrected chi connectivity index (χ4v) is 3.92. The van der Waals surface area contributed by atoms with Gasteiger partial charge in [-0.2, -0.15) is 0 Å². The van der Waals surface area contributed by atoms with Gasteiger partial charge < -0.3 is 10.1 Å². The van der Waals surface area contributed by atoms with E-state index >= 15 is 0 Å². The van der Waals surface area contributed by atoms with Gasteiger partial charge in [0.1, 0.15) is 0 Å². The molecule has 1 amide bonds. The summed E-state index contributed by atoms with van der Waals surface area (Å²) in [5, 5.41) is 2.93. The molecule has 0 bridgehead atoms. The number of aryl methyl sites for hydroxylation is 2. The van der Waals surface area contributed by atoms with Crippen molar-refractivity contribution in [1.82, 2.24) is 0 Å². The Morgan fingerprint density at radius 1 is 0.897 bits per heavy atom. The number of nitrogens with one attached hydrogen (secondary N) is 1. The van der Waals surface area contributed by atoms with E-state index in [2.05, 4.69) is 37.4 Å². The van der Waals surface area contributed by atoms with Crippen molar-refractivity contribution in [1.29, 1.82) is 0 Å². The van der Waals surface area contributed by atoms with Crippen LogP contribution in [0.5, 0.6) is 0 Å². The summed E-state index contributed by atoms with van der Waals surface area (Å²) < 4.78 is 5.30. The molecule has 1 unspecified atom stereocenters. The molecule has 4 nitrogen and oxygen atoms in total. The smallest absolute Gasteiger partial charge is 0.303 e. The van der Waals surface area contributed by atoms with Crippen LogP contribution in [-0.2, 0) is 14.3 Å². The molecule has 0 saturated heterocycles. The highest BCUT2D eigenvalue weighted by atomic mass is 32.2. The Morgan fingerprint density at radius 2 is 1.59 bits per heavy atom. The molecule has 0 spiro atoms. The average molecular weight is 406 g/mol. The zero-order valence-corrected chi connectivity index (χ0v) is 17.5. The third kappa shape index (κ3) is 5.48. The van der Waals surface area contributed by atoms with Crippen LogP contribution in [-0.4, -0.2) is 11.9 Å². The third-order valence-corrected chi connectivity index (χ3v) is 5.57. The molecule has 0 aromatic heterocycles. The van der Waals surface area contributed by atoms with Crippen LogP contribution in [0.2, 0.25) is 0 Å². The number of hydrogen-bond donors (Lipinski definition) is 1. The van der Waals surface area contributed by atoms with E-state index in [1.165, 1.54) is 18.1 Å². The second-order valence-electron chi connectivity index (χ2n) is 6.76. The van der Waals surface area contributed by atoms with Gasteiger partial charge in [0.25, 0.3) is 5.91 Å². The summed E-state index contributed by atoms with van der Waals surface area (Å²) in [5.41, 5.74) is 3.69. The van der Waals surface area contributed by atoms with Gasteiger partial charge in [-0.05, 0) is 37.6 Å². The molecule has 29 heavy (non-hydrogen) atoms. The van der Waals surface area contributed by atoms with Crippen LogP contribution < -0.4 is 5.32 Å². The predicted molar refractivity (Wildman–Crippen MR) is 116 cm³/mol. The number of carbonyl (C=O) groups excluding carboxylic acids is 2. The molecule has 1 N–H and O–H groups in total. The lowest BCUT2D eigenvalue weighted by atomic mass is 10.1. The zero-order chi connectivity index (χ0) is 20.8. The van der Waals surface area contributed by atoms with Crippen molar-refractivity contribution in [2.75, 3.05) is 5.32 Å². The van der Waals surface area contributed by atoms with Gasteiger partial charge in [-0.3, -0.25) is 9.59 Å². The lowest BCUT2D eigenvalue weighted by Crippen LogP contribution is -2.25. The van der Waals surface area contributed by atoms with Gasteiger partial charge in [-0.15, -0.1) is 0 Å². The van der Waals surface area contributed by atoms with Crippen LogP contribution in [0.3, 0.4) is 0 Å². The molecule has 0 aliphatic heterocycles. The summed E-state index contributed by atoms with van der Waals surface area (Å²) in [5.74, 6) is -0.896. The number of amides is 1. The minimum Gasteiger partial charge on any atom is -0.447 e. The topological polar surface area (TPSA) is 55.4 Å². The monoisotopic (exact) mass is 405 g/mol. The maximum atomic E-state index is 13.0. The number of carbonyl (C=O) groups is 2. The minimum atomic E-state index is -1.01. The number of rotatable bonds is 6. The molecule has 0 radical (unpaired) electrons. The van der Waals surface area contributed by atoms with E-state index in [0.717, 1.165) is 9.79 Å². The number of anilines is 1. The Balaban J connectivity index is 1.85. The summed E-state index contributed by atoms with van der Waals surface area (Å²) in [4.78, 5) is 26.6. The number of ether oxygens (including phenoxy) is 1. The first-order valence-corrected chi connectivity index (χ1v) is 10.1. The van der Waals surface area contributed by atoms with E-state index in [-0.39, 0.29) is 5.91 Å². The second kappa shape index (κ2) is 9.43. The third-order valence-electron chi connectivity index (χ3n) is 4.32. The van der Waals surface area contributed by atoms with Crippen LogP contribution in [0.4, 0.5) is 5.69 Å². The number of hydrogen-bond acceptors (Lipinski definition) is 4. The van der Waals surface area contributed by atoms with Gasteiger partial charge in [-0.1, -0.05) is 71.9 Å². The maximum absolute atomic E-state index is 13.0. The summed E-state index contributed by atoms with van der Waals surface area (Å²) in [6.45, 7) is 5.43. The highest BCUT2D eigenvalue weighted by molar-refractivity contribution is 7.99. The summed E-state index contributed by atoms with van der Waals surface area (Å²) in [6, 6.07) is 22.9. The largest absolute Gasteiger partial charge is 0.447 e. The van der Waals surface area contributed by atoms with E-state index in [4.69, 9.17) is 4.74 Å². The Kier molecular flexibility index (Phi) is 6.73. The van der Waals surface area contributed by atoms with Crippen molar-refractivity contribution in [2.24, 2.45) is 0 Å². The Labute approximate surface area is 175 Å². The van der Waals surface area contributed by atoms with Crippen molar-refractivity contribution in [3.8, 4) is 0 Å². The second-order valence-corrected chi connectivity index (χ2v) is 7.84. The van der Waals surface area contributed by atoms with E-state index in [9.17, 15) is 9.59 Å². The molecule has 0 saturated carbocycles. The lowest BCUT2D eigenvalue weighted by Gasteiger charge is -2.18. The normalized spacial score (nSPS) is 11.6. The summed E-state index contributed by atoms with van der Waals surface area (Å²) >= 11 is 1.59. The van der Waals surface area contributed by atoms with Crippen molar-refractivity contribution < 1.29 is 14.3 Å². The molecule has 5 heteroatoms. The van der Waals surface area contributed by atoms with Gasteiger partial charge in [0.05, 0.1) is 5.69 Å². The van der Waals surface area contributed by atoms with Gasteiger partial charge >= 0.3 is 5.97 Å². The quantitative estimate of drug-likeness (QED) is 0.535. The molecular formula is C24H23NO3S. The van der Waals surface area contributed by atoms with Crippen molar-refractivity contribution in [3.05, 3.63) is 89.5 Å². The standard InChI is InChI=1S/C24H23NO3S/c1-16-13-14-21(17(2)15-16)29-22-12-8-7-11-20(22)25-24(27)23(28-18(3)26)19-9-5-4-6-10-19/h4-15,23H,1-3H3,(H,25,27). The molecular weight excluding hydrogens is 382 g/mol. The molecule has 0 heterocycles. The molecule has 3 aromatic carbocycles. The molecule has 0 aliphatic carbocycles. The van der Waals surface area contributed by atoms with E-state index in [1.807, 2.05) is 42.5 Å². The maximum Gasteiger partial charge on any atom is 0.303 e. The van der Waals surface area contributed by atoms with Gasteiger partial charge in [-0.25, -0.2) is 0 Å². The highest BCUT2D eigenvalue weighted by Gasteiger charge is 2.24.